The summed E-state index contributed by atoms with van der Waals surface area (Å²) < 4.78 is 22.4. The minimum Gasteiger partial charge on any atom is -0.224 e. The molecule has 0 aliphatic rings. The highest BCUT2D eigenvalue weighted by Crippen LogP contribution is 2.24. The summed E-state index contributed by atoms with van der Waals surface area (Å²) in [5, 5.41) is 8.72. The fourth-order valence-corrected chi connectivity index (χ4v) is 2.50. The lowest BCUT2D eigenvalue weighted by Gasteiger charge is -2.02. The van der Waals surface area contributed by atoms with E-state index in [1.807, 2.05) is 0 Å². The van der Waals surface area contributed by atoms with Gasteiger partial charge in [0.15, 0.2) is 9.84 Å². The lowest BCUT2D eigenvalue weighted by atomic mass is 10.2. The van der Waals surface area contributed by atoms with Crippen molar-refractivity contribution in [1.29, 1.82) is 5.26 Å². The van der Waals surface area contributed by atoms with Gasteiger partial charge in [-0.3, -0.25) is 0 Å². The number of hydrogen-bond acceptors (Lipinski definition) is 3. The lowest BCUT2D eigenvalue weighted by molar-refractivity contribution is 0.601. The number of hydrogen-bond donors (Lipinski definition) is 0. The number of benzene rings is 1. The summed E-state index contributed by atoms with van der Waals surface area (Å²) in [6.45, 7) is 4.25. The summed E-state index contributed by atoms with van der Waals surface area (Å²) in [5.41, 5.74) is 0.0787. The quantitative estimate of drug-likeness (QED) is 0.779. The van der Waals surface area contributed by atoms with Crippen molar-refractivity contribution in [3.8, 4) is 6.07 Å². The summed E-state index contributed by atoms with van der Waals surface area (Å²) in [6.07, 6.45) is 2.27. The largest absolute Gasteiger partial charge is 0.224 e. The number of nitrogens with zero attached hydrogens (tertiary/aromatic N) is 1. The van der Waals surface area contributed by atoms with Gasteiger partial charge < -0.3 is 0 Å². The summed E-state index contributed by atoms with van der Waals surface area (Å²) in [5.74, 6) is 0. The number of sulfone groups is 1. The van der Waals surface area contributed by atoms with Gasteiger partial charge in [-0.15, -0.1) is 0 Å². The topological polar surface area (TPSA) is 57.9 Å². The van der Waals surface area contributed by atoms with Crippen LogP contribution in [0.15, 0.2) is 23.1 Å². The van der Waals surface area contributed by atoms with E-state index in [2.05, 4.69) is 13.8 Å². The Labute approximate surface area is 102 Å². The standard InChI is InChI=1S/C8H6ClNO2S.C3H8/c1-13(11,12)8-6(5-10)3-2-4-7(8)9;1-3-2/h2-4H,1H3;3H2,1-2H3. The molecule has 88 valence electrons. The smallest absolute Gasteiger partial charge is 0.178 e. The second kappa shape index (κ2) is 6.51. The molecule has 0 aliphatic carbocycles. The van der Waals surface area contributed by atoms with Gasteiger partial charge in [-0.1, -0.05) is 37.9 Å². The summed E-state index contributed by atoms with van der Waals surface area (Å²) in [4.78, 5) is -0.0980. The van der Waals surface area contributed by atoms with E-state index in [9.17, 15) is 8.42 Å². The van der Waals surface area contributed by atoms with Gasteiger partial charge in [-0.05, 0) is 12.1 Å². The summed E-state index contributed by atoms with van der Waals surface area (Å²) >= 11 is 5.66. The molecule has 0 bridgehead atoms. The SMILES string of the molecule is CCC.CS(=O)(=O)c1c(Cl)cccc1C#N. The molecule has 0 unspecified atom stereocenters. The summed E-state index contributed by atoms with van der Waals surface area (Å²) in [6, 6.07) is 6.18. The van der Waals surface area contributed by atoms with Crippen molar-refractivity contribution >= 4 is 21.4 Å². The van der Waals surface area contributed by atoms with Crippen LogP contribution in [0.1, 0.15) is 25.8 Å². The van der Waals surface area contributed by atoms with E-state index in [4.69, 9.17) is 16.9 Å². The monoisotopic (exact) mass is 259 g/mol. The fraction of sp³-hybridized carbons (Fsp3) is 0.364. The zero-order valence-corrected chi connectivity index (χ0v) is 11.1. The van der Waals surface area contributed by atoms with Gasteiger partial charge in [-0.25, -0.2) is 8.42 Å². The highest BCUT2D eigenvalue weighted by molar-refractivity contribution is 7.90. The number of nitriles is 1. The highest BCUT2D eigenvalue weighted by Gasteiger charge is 2.16. The molecule has 0 saturated heterocycles. The lowest BCUT2D eigenvalue weighted by Crippen LogP contribution is -2.01. The average Bonchev–Trinajstić information content (AvgIpc) is 2.16. The van der Waals surface area contributed by atoms with E-state index in [1.54, 1.807) is 6.07 Å². The Morgan fingerprint density at radius 2 is 1.88 bits per heavy atom. The normalized spacial score (nSPS) is 9.94. The van der Waals surface area contributed by atoms with Crippen molar-refractivity contribution in [3.63, 3.8) is 0 Å². The van der Waals surface area contributed by atoms with Crippen molar-refractivity contribution in [3.05, 3.63) is 28.8 Å². The van der Waals surface area contributed by atoms with Crippen LogP contribution in [0, 0.1) is 11.3 Å². The van der Waals surface area contributed by atoms with Gasteiger partial charge in [0.1, 0.15) is 11.0 Å². The Morgan fingerprint density at radius 1 is 1.38 bits per heavy atom. The van der Waals surface area contributed by atoms with Gasteiger partial charge in [-0.2, -0.15) is 5.26 Å². The maximum atomic E-state index is 11.2. The van der Waals surface area contributed by atoms with Crippen LogP contribution in [0.2, 0.25) is 5.02 Å². The second-order valence-electron chi connectivity index (χ2n) is 3.21. The first-order valence-corrected chi connectivity index (χ1v) is 7.04. The molecule has 3 nitrogen and oxygen atoms in total. The Morgan fingerprint density at radius 3 is 2.19 bits per heavy atom. The first kappa shape index (κ1) is 14.9. The van der Waals surface area contributed by atoms with Gasteiger partial charge in [0.25, 0.3) is 0 Å². The zero-order valence-electron chi connectivity index (χ0n) is 9.49. The molecule has 0 saturated carbocycles. The molecule has 16 heavy (non-hydrogen) atoms. The highest BCUT2D eigenvalue weighted by atomic mass is 35.5. The Hall–Kier alpha value is -1.05. The molecule has 0 atom stereocenters. The maximum absolute atomic E-state index is 11.2. The molecule has 1 rings (SSSR count). The molecule has 5 heteroatoms. The third-order valence-electron chi connectivity index (χ3n) is 1.46. The molecule has 1 aromatic rings. The second-order valence-corrected chi connectivity index (χ2v) is 5.57. The maximum Gasteiger partial charge on any atom is 0.178 e. The first-order chi connectivity index (χ1) is 7.38. The molecule has 1 aromatic carbocycles. The minimum atomic E-state index is -3.43. The van der Waals surface area contributed by atoms with E-state index >= 15 is 0 Å². The molecule has 0 heterocycles. The molecule has 0 aliphatic heterocycles. The van der Waals surface area contributed by atoms with E-state index < -0.39 is 9.84 Å². The van der Waals surface area contributed by atoms with Gasteiger partial charge >= 0.3 is 0 Å². The van der Waals surface area contributed by atoms with Gasteiger partial charge in [0.2, 0.25) is 0 Å². The fourth-order valence-electron chi connectivity index (χ4n) is 0.974. The van der Waals surface area contributed by atoms with E-state index in [-0.39, 0.29) is 15.5 Å². The summed E-state index contributed by atoms with van der Waals surface area (Å²) in [7, 11) is -3.43. The van der Waals surface area contributed by atoms with Crippen LogP contribution >= 0.6 is 11.6 Å². The van der Waals surface area contributed by atoms with Crippen LogP contribution in [0.4, 0.5) is 0 Å². The van der Waals surface area contributed by atoms with E-state index in [0.717, 1.165) is 6.26 Å². The third-order valence-corrected chi connectivity index (χ3v) is 3.07. The van der Waals surface area contributed by atoms with Crippen molar-refractivity contribution in [2.45, 2.75) is 25.2 Å². The molecule has 0 N–H and O–H groups in total. The van der Waals surface area contributed by atoms with Crippen molar-refractivity contribution in [2.24, 2.45) is 0 Å². The zero-order chi connectivity index (χ0) is 12.8. The Bertz CT molecular complexity index is 489. The first-order valence-electron chi connectivity index (χ1n) is 4.77. The number of rotatable bonds is 1. The predicted octanol–water partition coefficient (Wildman–Crippen LogP) is 3.03. The van der Waals surface area contributed by atoms with Crippen LogP contribution in [-0.4, -0.2) is 14.7 Å². The molecular formula is C11H14ClNO2S. The molecule has 0 amide bonds. The number of halogens is 1. The minimum absolute atomic E-state index is 0.0787. The third kappa shape index (κ3) is 4.21. The molecule has 0 fully saturated rings. The molecule has 0 aromatic heterocycles. The van der Waals surface area contributed by atoms with E-state index in [0.29, 0.717) is 0 Å². The van der Waals surface area contributed by atoms with Crippen molar-refractivity contribution in [2.75, 3.05) is 6.26 Å². The van der Waals surface area contributed by atoms with Crippen LogP contribution in [0.3, 0.4) is 0 Å². The van der Waals surface area contributed by atoms with Crippen LogP contribution in [0.5, 0.6) is 0 Å². The predicted molar refractivity (Wildman–Crippen MR) is 65.2 cm³/mol. The van der Waals surface area contributed by atoms with Crippen molar-refractivity contribution < 1.29 is 8.42 Å². The van der Waals surface area contributed by atoms with E-state index in [1.165, 1.54) is 24.6 Å². The average molecular weight is 260 g/mol. The molecular weight excluding hydrogens is 246 g/mol. The van der Waals surface area contributed by atoms with Crippen LogP contribution in [0.25, 0.3) is 0 Å². The Balaban J connectivity index is 0.000000673. The van der Waals surface area contributed by atoms with Gasteiger partial charge in [0, 0.05) is 6.26 Å². The van der Waals surface area contributed by atoms with Crippen LogP contribution < -0.4 is 0 Å². The molecule has 0 spiro atoms. The van der Waals surface area contributed by atoms with Crippen LogP contribution in [-0.2, 0) is 9.84 Å². The Kier molecular flexibility index (Phi) is 6.09. The van der Waals surface area contributed by atoms with Crippen molar-refractivity contribution in [1.82, 2.24) is 0 Å². The van der Waals surface area contributed by atoms with Gasteiger partial charge in [0.05, 0.1) is 10.6 Å². The molecule has 0 radical (unpaired) electrons.